The van der Waals surface area contributed by atoms with Crippen LogP contribution in [0, 0.1) is 5.92 Å². The summed E-state index contributed by atoms with van der Waals surface area (Å²) >= 11 is 0. The van der Waals surface area contributed by atoms with Gasteiger partial charge in [0.15, 0.2) is 23.1 Å². The smallest absolute Gasteiger partial charge is 0.241 e. The largest absolute Gasteiger partial charge is 0.486 e. The van der Waals surface area contributed by atoms with Crippen LogP contribution < -0.4 is 14.8 Å². The highest BCUT2D eigenvalue weighted by Crippen LogP contribution is 2.32. The number of amides is 1. The Bertz CT molecular complexity index is 1010. The predicted molar refractivity (Wildman–Crippen MR) is 121 cm³/mol. The van der Waals surface area contributed by atoms with Gasteiger partial charge in [0.1, 0.15) is 13.2 Å². The molecule has 168 valence electrons. The maximum atomic E-state index is 13.0. The number of carbonyl (C=O) groups excluding carboxylic acids is 3. The number of hydrogen-bond acceptors (Lipinski definition) is 6. The lowest BCUT2D eigenvalue weighted by atomic mass is 9.88. The molecule has 0 spiro atoms. The lowest BCUT2D eigenvalue weighted by Crippen LogP contribution is -2.47. The summed E-state index contributed by atoms with van der Waals surface area (Å²) in [7, 11) is 0. The van der Waals surface area contributed by atoms with E-state index in [0.29, 0.717) is 67.5 Å². The lowest BCUT2D eigenvalue weighted by Gasteiger charge is -2.34. The second kappa shape index (κ2) is 9.53. The van der Waals surface area contributed by atoms with Crippen molar-refractivity contribution in [1.29, 1.82) is 0 Å². The first kappa shape index (κ1) is 22.0. The Kier molecular flexibility index (Phi) is 6.55. The summed E-state index contributed by atoms with van der Waals surface area (Å²) in [5.74, 6) is 1.24. The standard InChI is InChI=1S/C25H28N2O5/c1-16(25(30)26-21-6-3-18(4-7-21)17(2)28)27-11-9-19(10-12-27)24(29)20-5-8-22-23(15-20)32-14-13-31-22/h3-8,15-16,19H,9-14H2,1-2H3,(H,26,30). The highest BCUT2D eigenvalue weighted by atomic mass is 16.6. The molecule has 2 aliphatic heterocycles. The fraction of sp³-hybridized carbons (Fsp3) is 0.400. The number of carbonyl (C=O) groups is 3. The molecule has 32 heavy (non-hydrogen) atoms. The highest BCUT2D eigenvalue weighted by molar-refractivity contribution is 5.99. The zero-order chi connectivity index (χ0) is 22.7. The van der Waals surface area contributed by atoms with E-state index in [1.54, 1.807) is 42.5 Å². The first-order valence-corrected chi connectivity index (χ1v) is 11.0. The summed E-state index contributed by atoms with van der Waals surface area (Å²) in [5, 5.41) is 2.91. The van der Waals surface area contributed by atoms with Gasteiger partial charge in [-0.25, -0.2) is 0 Å². The molecule has 2 aliphatic rings. The number of benzene rings is 2. The maximum Gasteiger partial charge on any atom is 0.241 e. The molecule has 1 N–H and O–H groups in total. The van der Waals surface area contributed by atoms with Gasteiger partial charge >= 0.3 is 0 Å². The first-order chi connectivity index (χ1) is 15.4. The van der Waals surface area contributed by atoms with Crippen LogP contribution in [0.25, 0.3) is 0 Å². The lowest BCUT2D eigenvalue weighted by molar-refractivity contribution is -0.121. The van der Waals surface area contributed by atoms with E-state index in [2.05, 4.69) is 10.2 Å². The van der Waals surface area contributed by atoms with Gasteiger partial charge in [0.25, 0.3) is 0 Å². The monoisotopic (exact) mass is 436 g/mol. The Morgan fingerprint density at radius 3 is 2.22 bits per heavy atom. The molecule has 1 saturated heterocycles. The van der Waals surface area contributed by atoms with Gasteiger partial charge in [-0.2, -0.15) is 0 Å². The molecule has 0 aliphatic carbocycles. The van der Waals surface area contributed by atoms with Crippen LogP contribution in [0.3, 0.4) is 0 Å². The van der Waals surface area contributed by atoms with Gasteiger partial charge in [0, 0.05) is 22.7 Å². The predicted octanol–water partition coefficient (Wildman–Crippen LogP) is 3.58. The number of nitrogens with one attached hydrogen (secondary N) is 1. The molecule has 0 saturated carbocycles. The molecule has 7 heteroatoms. The van der Waals surface area contributed by atoms with E-state index >= 15 is 0 Å². The van der Waals surface area contributed by atoms with Crippen molar-refractivity contribution in [3.05, 3.63) is 53.6 Å². The van der Waals surface area contributed by atoms with Crippen LogP contribution in [0.4, 0.5) is 5.69 Å². The fourth-order valence-corrected chi connectivity index (χ4v) is 4.18. The van der Waals surface area contributed by atoms with Crippen LogP contribution in [0.5, 0.6) is 11.5 Å². The van der Waals surface area contributed by atoms with Crippen LogP contribution in [-0.4, -0.2) is 54.7 Å². The zero-order valence-electron chi connectivity index (χ0n) is 18.4. The van der Waals surface area contributed by atoms with Crippen molar-refractivity contribution in [2.24, 2.45) is 5.92 Å². The maximum absolute atomic E-state index is 13.0. The Labute approximate surface area is 187 Å². The molecule has 1 fully saturated rings. The van der Waals surface area contributed by atoms with Gasteiger partial charge in [0.2, 0.25) is 5.91 Å². The van der Waals surface area contributed by atoms with Crippen LogP contribution >= 0.6 is 0 Å². The van der Waals surface area contributed by atoms with Gasteiger partial charge < -0.3 is 14.8 Å². The minimum absolute atomic E-state index is 0.00934. The van der Waals surface area contributed by atoms with Crippen molar-refractivity contribution in [3.8, 4) is 11.5 Å². The van der Waals surface area contributed by atoms with Gasteiger partial charge in [-0.3, -0.25) is 19.3 Å². The summed E-state index contributed by atoms with van der Waals surface area (Å²) < 4.78 is 11.1. The molecule has 0 aromatic heterocycles. The molecule has 1 amide bonds. The number of ether oxygens (including phenoxy) is 2. The molecule has 0 bridgehead atoms. The summed E-state index contributed by atoms with van der Waals surface area (Å²) in [4.78, 5) is 39.2. The van der Waals surface area contributed by atoms with E-state index in [4.69, 9.17) is 9.47 Å². The number of rotatable bonds is 6. The molecule has 1 unspecified atom stereocenters. The third-order valence-electron chi connectivity index (χ3n) is 6.21. The normalized spacial score (nSPS) is 17.4. The average Bonchev–Trinajstić information content (AvgIpc) is 2.83. The molecular weight excluding hydrogens is 408 g/mol. The number of likely N-dealkylation sites (tertiary alicyclic amines) is 1. The molecular formula is C25H28N2O5. The van der Waals surface area contributed by atoms with Gasteiger partial charge in [-0.05, 0) is 82.2 Å². The Balaban J connectivity index is 1.31. The van der Waals surface area contributed by atoms with Crippen LogP contribution in [0.2, 0.25) is 0 Å². The van der Waals surface area contributed by atoms with Crippen molar-refractivity contribution < 1.29 is 23.9 Å². The van der Waals surface area contributed by atoms with E-state index in [1.807, 2.05) is 6.92 Å². The summed E-state index contributed by atoms with van der Waals surface area (Å²) in [6.45, 7) is 5.76. The minimum Gasteiger partial charge on any atom is -0.486 e. The van der Waals surface area contributed by atoms with E-state index in [1.165, 1.54) is 6.92 Å². The second-order valence-electron chi connectivity index (χ2n) is 8.33. The zero-order valence-corrected chi connectivity index (χ0v) is 18.4. The van der Waals surface area contributed by atoms with E-state index in [-0.39, 0.29) is 29.4 Å². The van der Waals surface area contributed by atoms with Crippen LogP contribution in [-0.2, 0) is 4.79 Å². The van der Waals surface area contributed by atoms with Gasteiger partial charge in [0.05, 0.1) is 6.04 Å². The third-order valence-corrected chi connectivity index (χ3v) is 6.21. The van der Waals surface area contributed by atoms with E-state index < -0.39 is 0 Å². The Hall–Kier alpha value is -3.19. The summed E-state index contributed by atoms with van der Waals surface area (Å²) in [6.07, 6.45) is 1.41. The number of nitrogens with zero attached hydrogens (tertiary/aromatic N) is 1. The number of Topliss-reactive ketones (excluding diaryl/α,β-unsaturated/α-hetero) is 2. The average molecular weight is 437 g/mol. The Morgan fingerprint density at radius 2 is 1.56 bits per heavy atom. The molecule has 2 heterocycles. The van der Waals surface area contributed by atoms with E-state index in [0.717, 1.165) is 0 Å². The molecule has 2 aromatic carbocycles. The highest BCUT2D eigenvalue weighted by Gasteiger charge is 2.30. The summed E-state index contributed by atoms with van der Waals surface area (Å²) in [6, 6.07) is 11.9. The number of hydrogen-bond donors (Lipinski definition) is 1. The molecule has 0 radical (unpaired) electrons. The number of fused-ring (bicyclic) bond motifs is 1. The van der Waals surface area contributed by atoms with Gasteiger partial charge in [-0.15, -0.1) is 0 Å². The molecule has 2 aromatic rings. The van der Waals surface area contributed by atoms with Gasteiger partial charge in [-0.1, -0.05) is 0 Å². The van der Waals surface area contributed by atoms with Crippen molar-refractivity contribution in [1.82, 2.24) is 4.90 Å². The number of ketones is 2. The quantitative estimate of drug-likeness (QED) is 0.697. The van der Waals surface area contributed by atoms with Crippen molar-refractivity contribution in [2.45, 2.75) is 32.7 Å². The van der Waals surface area contributed by atoms with Crippen molar-refractivity contribution >= 4 is 23.2 Å². The van der Waals surface area contributed by atoms with Crippen LogP contribution in [0.15, 0.2) is 42.5 Å². The van der Waals surface area contributed by atoms with Crippen molar-refractivity contribution in [3.63, 3.8) is 0 Å². The first-order valence-electron chi connectivity index (χ1n) is 11.0. The topological polar surface area (TPSA) is 84.9 Å². The SMILES string of the molecule is CC(=O)c1ccc(NC(=O)C(C)N2CCC(C(=O)c3ccc4c(c3)OCCO4)CC2)cc1. The third kappa shape index (κ3) is 4.83. The van der Waals surface area contributed by atoms with E-state index in [9.17, 15) is 14.4 Å². The Morgan fingerprint density at radius 1 is 0.938 bits per heavy atom. The molecule has 7 nitrogen and oxygen atoms in total. The number of anilines is 1. The molecule has 1 atom stereocenters. The minimum atomic E-state index is -0.312. The number of piperidine rings is 1. The fourth-order valence-electron chi connectivity index (χ4n) is 4.18. The van der Waals surface area contributed by atoms with Crippen LogP contribution in [0.1, 0.15) is 47.4 Å². The molecule has 4 rings (SSSR count). The second-order valence-corrected chi connectivity index (χ2v) is 8.33. The summed E-state index contributed by atoms with van der Waals surface area (Å²) in [5.41, 5.74) is 1.92. The van der Waals surface area contributed by atoms with Crippen molar-refractivity contribution in [2.75, 3.05) is 31.6 Å².